The molecule has 3 atom stereocenters. The molecule has 2 aliphatic rings. The Morgan fingerprint density at radius 2 is 2.17 bits per heavy atom. The third-order valence-electron chi connectivity index (χ3n) is 2.87. The number of azide groups is 1. The van der Waals surface area contributed by atoms with Gasteiger partial charge in [0.1, 0.15) is 0 Å². The van der Waals surface area contributed by atoms with E-state index in [9.17, 15) is 0 Å². The molecule has 2 fully saturated rings. The lowest BCUT2D eigenvalue weighted by Gasteiger charge is -2.44. The Kier molecular flexibility index (Phi) is 3.20. The highest BCUT2D eigenvalue weighted by atomic mass is 35.5. The van der Waals surface area contributed by atoms with Gasteiger partial charge in [-0.2, -0.15) is 0 Å². The highest BCUT2D eigenvalue weighted by molar-refractivity contribution is 5.85. The molecule has 0 aromatic heterocycles. The second-order valence-corrected chi connectivity index (χ2v) is 3.36. The predicted octanol–water partition coefficient (Wildman–Crippen LogP) is 1.86. The lowest BCUT2D eigenvalue weighted by atomic mass is 9.72. The molecule has 0 radical (unpaired) electrons. The van der Waals surface area contributed by atoms with Crippen LogP contribution in [-0.2, 0) is 0 Å². The Bertz CT molecular complexity index is 202. The molecule has 1 aliphatic carbocycles. The molecule has 0 aromatic rings. The molecule has 0 aromatic carbocycles. The normalized spacial score (nSPS) is 38.2. The van der Waals surface area contributed by atoms with Crippen molar-refractivity contribution >= 4 is 12.4 Å². The molecule has 5 heteroatoms. The standard InChI is InChI=1S/C7H12N4.ClH/c8-11-10-7-3-4-9-6-2-1-5(6)7;/h5-7,9H,1-4H2;1H. The number of nitrogens with zero attached hydrogens (tertiary/aromatic N) is 3. The first kappa shape index (κ1) is 9.65. The zero-order valence-electron chi connectivity index (χ0n) is 6.81. The van der Waals surface area contributed by atoms with Crippen molar-refractivity contribution in [1.82, 2.24) is 5.32 Å². The smallest absolute Gasteiger partial charge is 0.0429 e. The molecular weight excluding hydrogens is 176 g/mol. The molecule has 3 unspecified atom stereocenters. The van der Waals surface area contributed by atoms with Gasteiger partial charge in [0.25, 0.3) is 0 Å². The molecule has 1 saturated carbocycles. The average molecular weight is 189 g/mol. The van der Waals surface area contributed by atoms with Gasteiger partial charge in [0.2, 0.25) is 0 Å². The molecule has 0 amide bonds. The quantitative estimate of drug-likeness (QED) is 0.381. The Labute approximate surface area is 77.8 Å². The van der Waals surface area contributed by atoms with Crippen LogP contribution in [-0.4, -0.2) is 18.6 Å². The van der Waals surface area contributed by atoms with Crippen molar-refractivity contribution in [1.29, 1.82) is 0 Å². The van der Waals surface area contributed by atoms with Gasteiger partial charge in [-0.05, 0) is 37.3 Å². The van der Waals surface area contributed by atoms with Gasteiger partial charge >= 0.3 is 0 Å². The molecule has 1 heterocycles. The number of hydrogen-bond donors (Lipinski definition) is 1. The Morgan fingerprint density at radius 3 is 2.75 bits per heavy atom. The molecule has 0 bridgehead atoms. The first-order valence-electron chi connectivity index (χ1n) is 4.19. The van der Waals surface area contributed by atoms with E-state index in [2.05, 4.69) is 15.3 Å². The second-order valence-electron chi connectivity index (χ2n) is 3.36. The van der Waals surface area contributed by atoms with Crippen LogP contribution in [0.4, 0.5) is 0 Å². The van der Waals surface area contributed by atoms with Crippen LogP contribution in [0.5, 0.6) is 0 Å². The van der Waals surface area contributed by atoms with Gasteiger partial charge in [-0.1, -0.05) is 5.11 Å². The maximum atomic E-state index is 8.28. The van der Waals surface area contributed by atoms with E-state index in [1.165, 1.54) is 12.8 Å². The van der Waals surface area contributed by atoms with E-state index in [1.807, 2.05) is 0 Å². The van der Waals surface area contributed by atoms with Crippen LogP contribution >= 0.6 is 12.4 Å². The lowest BCUT2D eigenvalue weighted by molar-refractivity contribution is 0.136. The number of halogens is 1. The summed E-state index contributed by atoms with van der Waals surface area (Å²) in [6, 6.07) is 0.930. The third kappa shape index (κ3) is 1.51. The number of nitrogens with one attached hydrogen (secondary N) is 1. The van der Waals surface area contributed by atoms with E-state index in [1.54, 1.807) is 0 Å². The highest BCUT2D eigenvalue weighted by Crippen LogP contribution is 2.35. The lowest BCUT2D eigenvalue weighted by Crippen LogP contribution is -2.53. The molecule has 2 rings (SSSR count). The maximum absolute atomic E-state index is 8.28. The second kappa shape index (κ2) is 3.99. The van der Waals surface area contributed by atoms with Gasteiger partial charge in [0, 0.05) is 17.0 Å². The molecule has 68 valence electrons. The SMILES string of the molecule is Cl.[N-]=[N+]=NC1CCNC2CCC12. The van der Waals surface area contributed by atoms with Crippen LogP contribution in [0.1, 0.15) is 19.3 Å². The Morgan fingerprint density at radius 1 is 1.33 bits per heavy atom. The molecule has 1 aliphatic heterocycles. The Balaban J connectivity index is 0.000000720. The third-order valence-corrected chi connectivity index (χ3v) is 2.87. The van der Waals surface area contributed by atoms with E-state index >= 15 is 0 Å². The summed E-state index contributed by atoms with van der Waals surface area (Å²) >= 11 is 0. The zero-order valence-corrected chi connectivity index (χ0v) is 7.63. The zero-order chi connectivity index (χ0) is 7.68. The topological polar surface area (TPSA) is 60.8 Å². The monoisotopic (exact) mass is 188 g/mol. The van der Waals surface area contributed by atoms with E-state index in [0.717, 1.165) is 13.0 Å². The van der Waals surface area contributed by atoms with Crippen molar-refractivity contribution in [3.05, 3.63) is 10.4 Å². The van der Waals surface area contributed by atoms with Crippen LogP contribution in [0.25, 0.3) is 10.4 Å². The molecular formula is C7H13ClN4. The van der Waals surface area contributed by atoms with Crippen LogP contribution in [0.2, 0.25) is 0 Å². The van der Waals surface area contributed by atoms with Crippen molar-refractivity contribution in [2.75, 3.05) is 6.54 Å². The predicted molar refractivity (Wildman–Crippen MR) is 49.3 cm³/mol. The van der Waals surface area contributed by atoms with Gasteiger partial charge in [0.15, 0.2) is 0 Å². The molecule has 0 spiro atoms. The fourth-order valence-corrected chi connectivity index (χ4v) is 2.08. The minimum Gasteiger partial charge on any atom is -0.314 e. The van der Waals surface area contributed by atoms with Gasteiger partial charge in [-0.15, -0.1) is 12.4 Å². The van der Waals surface area contributed by atoms with Crippen LogP contribution in [0, 0.1) is 5.92 Å². The van der Waals surface area contributed by atoms with Crippen LogP contribution in [0.15, 0.2) is 5.11 Å². The minimum atomic E-state index is 0. The van der Waals surface area contributed by atoms with Gasteiger partial charge < -0.3 is 5.32 Å². The Hall–Kier alpha value is -0.440. The van der Waals surface area contributed by atoms with Crippen molar-refractivity contribution in [3.8, 4) is 0 Å². The number of piperidine rings is 1. The summed E-state index contributed by atoms with van der Waals surface area (Å²) < 4.78 is 0. The summed E-state index contributed by atoms with van der Waals surface area (Å²) in [4.78, 5) is 2.88. The van der Waals surface area contributed by atoms with Gasteiger partial charge in [0.05, 0.1) is 0 Å². The molecule has 1 saturated heterocycles. The van der Waals surface area contributed by atoms with Crippen molar-refractivity contribution in [2.24, 2.45) is 11.0 Å². The molecule has 4 nitrogen and oxygen atoms in total. The molecule has 1 N–H and O–H groups in total. The first-order valence-corrected chi connectivity index (χ1v) is 4.19. The van der Waals surface area contributed by atoms with E-state index in [0.29, 0.717) is 12.0 Å². The minimum absolute atomic E-state index is 0. The van der Waals surface area contributed by atoms with E-state index < -0.39 is 0 Å². The van der Waals surface area contributed by atoms with Crippen molar-refractivity contribution in [2.45, 2.75) is 31.3 Å². The maximum Gasteiger partial charge on any atom is 0.0429 e. The van der Waals surface area contributed by atoms with Crippen LogP contribution < -0.4 is 5.32 Å². The molecule has 12 heavy (non-hydrogen) atoms. The number of hydrogen-bond acceptors (Lipinski definition) is 2. The van der Waals surface area contributed by atoms with Crippen molar-refractivity contribution in [3.63, 3.8) is 0 Å². The summed E-state index contributed by atoms with van der Waals surface area (Å²) in [6.07, 6.45) is 3.52. The summed E-state index contributed by atoms with van der Waals surface area (Å²) in [5.74, 6) is 0.639. The summed E-state index contributed by atoms with van der Waals surface area (Å²) in [5, 5.41) is 7.23. The number of fused-ring (bicyclic) bond motifs is 1. The summed E-state index contributed by atoms with van der Waals surface area (Å²) in [5.41, 5.74) is 8.28. The van der Waals surface area contributed by atoms with Gasteiger partial charge in [-0.3, -0.25) is 0 Å². The largest absolute Gasteiger partial charge is 0.314 e. The van der Waals surface area contributed by atoms with E-state index in [4.69, 9.17) is 5.53 Å². The number of rotatable bonds is 1. The van der Waals surface area contributed by atoms with Crippen molar-refractivity contribution < 1.29 is 0 Å². The van der Waals surface area contributed by atoms with Gasteiger partial charge in [-0.25, -0.2) is 0 Å². The average Bonchev–Trinajstić information content (AvgIpc) is 1.94. The van der Waals surface area contributed by atoms with E-state index in [-0.39, 0.29) is 18.4 Å². The summed E-state index contributed by atoms with van der Waals surface area (Å²) in [7, 11) is 0. The first-order chi connectivity index (χ1) is 5.42. The van der Waals surface area contributed by atoms with Crippen LogP contribution in [0.3, 0.4) is 0 Å². The highest BCUT2D eigenvalue weighted by Gasteiger charge is 2.38. The summed E-state index contributed by atoms with van der Waals surface area (Å²) in [6.45, 7) is 1.02. The fraction of sp³-hybridized carbons (Fsp3) is 1.00. The fourth-order valence-electron chi connectivity index (χ4n) is 2.08.